The van der Waals surface area contributed by atoms with E-state index in [2.05, 4.69) is 32.6 Å². The van der Waals surface area contributed by atoms with Crippen LogP contribution < -0.4 is 0 Å². The molecule has 5 nitrogen and oxygen atoms in total. The molecule has 29 heavy (non-hydrogen) atoms. The Balaban J connectivity index is 1.64. The Kier molecular flexibility index (Phi) is 4.98. The van der Waals surface area contributed by atoms with Gasteiger partial charge in [0.05, 0.1) is 12.7 Å². The average Bonchev–Trinajstić information content (AvgIpc) is 3.37. The first-order chi connectivity index (χ1) is 14.0. The Morgan fingerprint density at radius 1 is 1.03 bits per heavy atom. The second-order valence-corrected chi connectivity index (χ2v) is 7.35. The number of carbonyl (C=O) groups is 1. The SMILES string of the molecule is COC(=O)c1ccc(-c2noc(-c3ccc(-c4cscc4C)c(C)c3)n2)cc1F. The monoisotopic (exact) mass is 408 g/mol. The Hall–Kier alpha value is -3.32. The quantitative estimate of drug-likeness (QED) is 0.407. The summed E-state index contributed by atoms with van der Waals surface area (Å²) in [5.41, 5.74) is 5.76. The van der Waals surface area contributed by atoms with E-state index in [1.807, 2.05) is 25.1 Å². The molecule has 0 radical (unpaired) electrons. The van der Waals surface area contributed by atoms with Crippen LogP contribution in [0.15, 0.2) is 51.7 Å². The molecule has 7 heteroatoms. The average molecular weight is 408 g/mol. The maximum absolute atomic E-state index is 14.2. The summed E-state index contributed by atoms with van der Waals surface area (Å²) >= 11 is 1.68. The second-order valence-electron chi connectivity index (χ2n) is 6.61. The Morgan fingerprint density at radius 2 is 1.83 bits per heavy atom. The van der Waals surface area contributed by atoms with Gasteiger partial charge in [-0.2, -0.15) is 16.3 Å². The van der Waals surface area contributed by atoms with Gasteiger partial charge in [0.25, 0.3) is 5.89 Å². The van der Waals surface area contributed by atoms with E-state index in [9.17, 15) is 9.18 Å². The zero-order chi connectivity index (χ0) is 20.5. The molecule has 4 aromatic rings. The van der Waals surface area contributed by atoms with E-state index < -0.39 is 11.8 Å². The van der Waals surface area contributed by atoms with Gasteiger partial charge in [0, 0.05) is 11.1 Å². The lowest BCUT2D eigenvalue weighted by Crippen LogP contribution is -2.04. The van der Waals surface area contributed by atoms with Crippen LogP contribution in [0.4, 0.5) is 4.39 Å². The molecule has 0 unspecified atom stereocenters. The third-order valence-corrected chi connectivity index (χ3v) is 5.54. The number of aromatic nitrogens is 2. The van der Waals surface area contributed by atoms with E-state index >= 15 is 0 Å². The summed E-state index contributed by atoms with van der Waals surface area (Å²) in [5, 5.41) is 8.20. The first kappa shape index (κ1) is 19.0. The third kappa shape index (κ3) is 3.56. The molecule has 2 aromatic heterocycles. The van der Waals surface area contributed by atoms with Crippen LogP contribution in [0.1, 0.15) is 21.5 Å². The highest BCUT2D eigenvalue weighted by molar-refractivity contribution is 7.08. The summed E-state index contributed by atoms with van der Waals surface area (Å²) in [4.78, 5) is 15.9. The lowest BCUT2D eigenvalue weighted by atomic mass is 9.98. The number of halogens is 1. The largest absolute Gasteiger partial charge is 0.465 e. The topological polar surface area (TPSA) is 65.2 Å². The molecule has 0 spiro atoms. The number of thiophene rings is 1. The molecule has 146 valence electrons. The van der Waals surface area contributed by atoms with Gasteiger partial charge in [-0.1, -0.05) is 11.2 Å². The van der Waals surface area contributed by atoms with Gasteiger partial charge in [-0.05, 0) is 77.2 Å². The van der Waals surface area contributed by atoms with Gasteiger partial charge in [-0.25, -0.2) is 9.18 Å². The molecule has 0 saturated heterocycles. The Morgan fingerprint density at radius 3 is 2.48 bits per heavy atom. The van der Waals surface area contributed by atoms with Crippen LogP contribution >= 0.6 is 11.3 Å². The lowest BCUT2D eigenvalue weighted by Gasteiger charge is -2.06. The van der Waals surface area contributed by atoms with Crippen molar-refractivity contribution >= 4 is 17.3 Å². The smallest absolute Gasteiger partial charge is 0.340 e. The maximum Gasteiger partial charge on any atom is 0.340 e. The number of nitrogens with zero attached hydrogens (tertiary/aromatic N) is 2. The molecule has 0 atom stereocenters. The van der Waals surface area contributed by atoms with Gasteiger partial charge in [0.2, 0.25) is 5.82 Å². The summed E-state index contributed by atoms with van der Waals surface area (Å²) in [6, 6.07) is 10.0. The first-order valence-corrected chi connectivity index (χ1v) is 9.78. The number of aryl methyl sites for hydroxylation is 2. The van der Waals surface area contributed by atoms with Crippen molar-refractivity contribution in [2.45, 2.75) is 13.8 Å². The number of ether oxygens (including phenoxy) is 1. The molecular formula is C22H17FN2O3S. The third-order valence-electron chi connectivity index (χ3n) is 4.68. The van der Waals surface area contributed by atoms with E-state index in [0.717, 1.165) is 16.7 Å². The highest BCUT2D eigenvalue weighted by Crippen LogP contribution is 2.32. The van der Waals surface area contributed by atoms with Crippen LogP contribution in [0.25, 0.3) is 34.0 Å². The number of benzene rings is 2. The van der Waals surface area contributed by atoms with Crippen LogP contribution in [0.3, 0.4) is 0 Å². The highest BCUT2D eigenvalue weighted by atomic mass is 32.1. The van der Waals surface area contributed by atoms with Crippen molar-refractivity contribution in [1.82, 2.24) is 10.1 Å². The van der Waals surface area contributed by atoms with Gasteiger partial charge in [0.15, 0.2) is 0 Å². The normalized spacial score (nSPS) is 10.9. The molecule has 0 N–H and O–H groups in total. The van der Waals surface area contributed by atoms with Crippen LogP contribution in [0.2, 0.25) is 0 Å². The lowest BCUT2D eigenvalue weighted by molar-refractivity contribution is 0.0595. The zero-order valence-electron chi connectivity index (χ0n) is 16.0. The molecule has 0 saturated carbocycles. The van der Waals surface area contributed by atoms with E-state index in [-0.39, 0.29) is 11.4 Å². The van der Waals surface area contributed by atoms with E-state index in [0.29, 0.717) is 11.5 Å². The van der Waals surface area contributed by atoms with Crippen LogP contribution in [-0.4, -0.2) is 23.2 Å². The minimum atomic E-state index is -0.737. The van der Waals surface area contributed by atoms with Crippen molar-refractivity contribution in [3.63, 3.8) is 0 Å². The van der Waals surface area contributed by atoms with E-state index in [4.69, 9.17) is 4.52 Å². The Bertz CT molecular complexity index is 1210. The van der Waals surface area contributed by atoms with Crippen LogP contribution in [0.5, 0.6) is 0 Å². The molecule has 0 bridgehead atoms. The summed E-state index contributed by atoms with van der Waals surface area (Å²) in [6.45, 7) is 4.13. The van der Waals surface area contributed by atoms with E-state index in [1.54, 1.807) is 17.4 Å². The second kappa shape index (κ2) is 7.60. The fourth-order valence-electron chi connectivity index (χ4n) is 3.12. The van der Waals surface area contributed by atoms with Gasteiger partial charge in [0.1, 0.15) is 5.82 Å². The van der Waals surface area contributed by atoms with Gasteiger partial charge in [-0.3, -0.25) is 0 Å². The predicted octanol–water partition coefficient (Wildman–Crippen LogP) is 5.67. The van der Waals surface area contributed by atoms with Crippen molar-refractivity contribution in [2.75, 3.05) is 7.11 Å². The zero-order valence-corrected chi connectivity index (χ0v) is 16.8. The first-order valence-electron chi connectivity index (χ1n) is 8.84. The fourth-order valence-corrected chi connectivity index (χ4v) is 3.97. The summed E-state index contributed by atoms with van der Waals surface area (Å²) in [7, 11) is 1.20. The molecule has 0 aliphatic heterocycles. The minimum absolute atomic E-state index is 0.144. The number of hydrogen-bond acceptors (Lipinski definition) is 6. The number of hydrogen-bond donors (Lipinski definition) is 0. The summed E-state index contributed by atoms with van der Waals surface area (Å²) < 4.78 is 24.1. The van der Waals surface area contributed by atoms with Crippen molar-refractivity contribution < 1.29 is 18.4 Å². The summed E-state index contributed by atoms with van der Waals surface area (Å²) in [6.07, 6.45) is 0. The number of carbonyl (C=O) groups excluding carboxylic acids is 1. The molecule has 2 heterocycles. The Labute approximate surface area is 170 Å². The van der Waals surface area contributed by atoms with Crippen molar-refractivity contribution in [3.05, 3.63) is 69.7 Å². The predicted molar refractivity (Wildman–Crippen MR) is 109 cm³/mol. The number of esters is 1. The molecule has 0 amide bonds. The molecule has 4 rings (SSSR count). The maximum atomic E-state index is 14.2. The van der Waals surface area contributed by atoms with Gasteiger partial charge in [-0.15, -0.1) is 0 Å². The standard InChI is InChI=1S/C22H17FN2O3S/c1-12-8-15(5-6-16(12)18-11-29-10-13(18)2)21-24-20(25-28-21)14-4-7-17(19(23)9-14)22(26)27-3/h4-11H,1-3H3. The van der Waals surface area contributed by atoms with Gasteiger partial charge < -0.3 is 9.26 Å². The van der Waals surface area contributed by atoms with Crippen LogP contribution in [0, 0.1) is 19.7 Å². The van der Waals surface area contributed by atoms with Crippen molar-refractivity contribution in [2.24, 2.45) is 0 Å². The van der Waals surface area contributed by atoms with Crippen LogP contribution in [-0.2, 0) is 4.74 Å². The molecular weight excluding hydrogens is 391 g/mol. The summed E-state index contributed by atoms with van der Waals surface area (Å²) in [5.74, 6) is -0.855. The highest BCUT2D eigenvalue weighted by Gasteiger charge is 2.17. The molecule has 0 aliphatic carbocycles. The molecule has 2 aromatic carbocycles. The fraction of sp³-hybridized carbons (Fsp3) is 0.136. The molecule has 0 fully saturated rings. The van der Waals surface area contributed by atoms with Gasteiger partial charge >= 0.3 is 5.97 Å². The number of rotatable bonds is 4. The minimum Gasteiger partial charge on any atom is -0.465 e. The molecule has 0 aliphatic rings. The van der Waals surface area contributed by atoms with Crippen molar-refractivity contribution in [1.29, 1.82) is 0 Å². The number of methoxy groups -OCH3 is 1. The van der Waals surface area contributed by atoms with E-state index in [1.165, 1.54) is 30.4 Å². The van der Waals surface area contributed by atoms with Crippen molar-refractivity contribution in [3.8, 4) is 34.0 Å².